The Balaban J connectivity index is 1.63. The van der Waals surface area contributed by atoms with Gasteiger partial charge in [-0.15, -0.1) is 0 Å². The van der Waals surface area contributed by atoms with Crippen LogP contribution in [0.4, 0.5) is 0 Å². The third kappa shape index (κ3) is 3.99. The SMILES string of the molecule is C[C@]1(NC(=O)COC(=O)c2cccc3ccccc23)CCS(=O)(=O)C1. The second-order valence-electron chi connectivity index (χ2n) is 6.55. The minimum Gasteiger partial charge on any atom is -0.452 e. The van der Waals surface area contributed by atoms with Crippen molar-refractivity contribution in [1.82, 2.24) is 5.32 Å². The van der Waals surface area contributed by atoms with E-state index in [0.29, 0.717) is 12.0 Å². The van der Waals surface area contributed by atoms with Crippen molar-refractivity contribution in [1.29, 1.82) is 0 Å². The van der Waals surface area contributed by atoms with Gasteiger partial charge < -0.3 is 10.1 Å². The highest BCUT2D eigenvalue weighted by atomic mass is 32.2. The molecule has 1 heterocycles. The Hall–Kier alpha value is -2.41. The number of sulfone groups is 1. The summed E-state index contributed by atoms with van der Waals surface area (Å²) in [5.41, 5.74) is -0.414. The van der Waals surface area contributed by atoms with E-state index in [9.17, 15) is 18.0 Å². The van der Waals surface area contributed by atoms with Gasteiger partial charge in [0, 0.05) is 0 Å². The Kier molecular flexibility index (Phi) is 4.51. The maximum absolute atomic E-state index is 12.3. The molecule has 6 nitrogen and oxygen atoms in total. The van der Waals surface area contributed by atoms with E-state index >= 15 is 0 Å². The molecular weight excluding hydrogens is 342 g/mol. The number of fused-ring (bicyclic) bond motifs is 1. The first-order valence-electron chi connectivity index (χ1n) is 7.94. The molecule has 3 rings (SSSR count). The van der Waals surface area contributed by atoms with Crippen LogP contribution in [0.1, 0.15) is 23.7 Å². The monoisotopic (exact) mass is 361 g/mol. The summed E-state index contributed by atoms with van der Waals surface area (Å²) in [5, 5.41) is 4.32. The summed E-state index contributed by atoms with van der Waals surface area (Å²) in [6, 6.07) is 12.7. The van der Waals surface area contributed by atoms with E-state index in [1.54, 1.807) is 19.1 Å². The molecule has 0 aliphatic carbocycles. The molecule has 0 unspecified atom stereocenters. The van der Waals surface area contributed by atoms with Gasteiger partial charge in [0.15, 0.2) is 16.4 Å². The lowest BCUT2D eigenvalue weighted by Crippen LogP contribution is -2.48. The summed E-state index contributed by atoms with van der Waals surface area (Å²) in [4.78, 5) is 24.3. The highest BCUT2D eigenvalue weighted by Gasteiger charge is 2.39. The number of benzene rings is 2. The van der Waals surface area contributed by atoms with Gasteiger partial charge in [0.2, 0.25) is 0 Å². The number of amides is 1. The van der Waals surface area contributed by atoms with Crippen molar-refractivity contribution in [3.8, 4) is 0 Å². The molecule has 0 aromatic heterocycles. The molecule has 1 atom stereocenters. The van der Waals surface area contributed by atoms with Gasteiger partial charge in [0.25, 0.3) is 5.91 Å². The van der Waals surface area contributed by atoms with Crippen LogP contribution in [0.3, 0.4) is 0 Å². The molecule has 25 heavy (non-hydrogen) atoms. The molecule has 1 N–H and O–H groups in total. The van der Waals surface area contributed by atoms with Crippen molar-refractivity contribution < 1.29 is 22.7 Å². The molecule has 0 saturated carbocycles. The minimum absolute atomic E-state index is 0.0551. The summed E-state index contributed by atoms with van der Waals surface area (Å²) in [6.07, 6.45) is 0.359. The van der Waals surface area contributed by atoms with Crippen LogP contribution in [0.25, 0.3) is 10.8 Å². The first-order chi connectivity index (χ1) is 11.8. The van der Waals surface area contributed by atoms with Crippen LogP contribution in [0.2, 0.25) is 0 Å². The maximum atomic E-state index is 12.3. The molecule has 1 fully saturated rings. The maximum Gasteiger partial charge on any atom is 0.339 e. The second-order valence-corrected chi connectivity index (χ2v) is 8.74. The average Bonchev–Trinajstić information content (AvgIpc) is 2.85. The van der Waals surface area contributed by atoms with Crippen molar-refractivity contribution >= 4 is 32.5 Å². The smallest absolute Gasteiger partial charge is 0.339 e. The zero-order valence-electron chi connectivity index (χ0n) is 13.8. The van der Waals surface area contributed by atoms with Crippen LogP contribution in [-0.4, -0.2) is 43.9 Å². The van der Waals surface area contributed by atoms with Crippen LogP contribution in [-0.2, 0) is 19.4 Å². The lowest BCUT2D eigenvalue weighted by Gasteiger charge is -2.23. The molecule has 1 amide bonds. The summed E-state index contributed by atoms with van der Waals surface area (Å²) in [5.74, 6) is -1.13. The summed E-state index contributed by atoms with van der Waals surface area (Å²) >= 11 is 0. The molecule has 0 radical (unpaired) electrons. The molecule has 2 aromatic carbocycles. The van der Waals surface area contributed by atoms with E-state index in [2.05, 4.69) is 5.32 Å². The van der Waals surface area contributed by atoms with Gasteiger partial charge in [-0.25, -0.2) is 13.2 Å². The van der Waals surface area contributed by atoms with Gasteiger partial charge >= 0.3 is 5.97 Å². The van der Waals surface area contributed by atoms with Gasteiger partial charge in [-0.3, -0.25) is 4.79 Å². The van der Waals surface area contributed by atoms with Crippen molar-refractivity contribution in [3.63, 3.8) is 0 Å². The molecule has 1 aliphatic heterocycles. The number of rotatable bonds is 4. The summed E-state index contributed by atoms with van der Waals surface area (Å²) in [7, 11) is -3.12. The van der Waals surface area contributed by atoms with Crippen molar-refractivity contribution in [2.45, 2.75) is 18.9 Å². The Morgan fingerprint density at radius 3 is 2.60 bits per heavy atom. The third-order valence-corrected chi connectivity index (χ3v) is 6.19. The van der Waals surface area contributed by atoms with E-state index < -0.39 is 33.9 Å². The second kappa shape index (κ2) is 6.48. The Morgan fingerprint density at radius 1 is 1.16 bits per heavy atom. The fraction of sp³-hybridized carbons (Fsp3) is 0.333. The molecule has 2 aromatic rings. The van der Waals surface area contributed by atoms with E-state index in [1.165, 1.54) is 0 Å². The predicted molar refractivity (Wildman–Crippen MR) is 94.0 cm³/mol. The largest absolute Gasteiger partial charge is 0.452 e. The van der Waals surface area contributed by atoms with Crippen LogP contribution in [0.5, 0.6) is 0 Å². The van der Waals surface area contributed by atoms with Gasteiger partial charge in [0.05, 0.1) is 22.6 Å². The number of nitrogens with one attached hydrogen (secondary N) is 1. The number of carbonyl (C=O) groups is 2. The highest BCUT2D eigenvalue weighted by molar-refractivity contribution is 7.91. The number of hydrogen-bond donors (Lipinski definition) is 1. The zero-order valence-corrected chi connectivity index (χ0v) is 14.6. The van der Waals surface area contributed by atoms with E-state index in [4.69, 9.17) is 4.74 Å². The van der Waals surface area contributed by atoms with E-state index in [0.717, 1.165) is 10.8 Å². The lowest BCUT2D eigenvalue weighted by molar-refractivity contribution is -0.125. The fourth-order valence-electron chi connectivity index (χ4n) is 3.09. The molecule has 0 spiro atoms. The Morgan fingerprint density at radius 2 is 1.88 bits per heavy atom. The van der Waals surface area contributed by atoms with E-state index in [-0.39, 0.29) is 11.5 Å². The summed E-state index contributed by atoms with van der Waals surface area (Å²) in [6.45, 7) is 1.24. The zero-order chi connectivity index (χ0) is 18.1. The predicted octanol–water partition coefficient (Wildman–Crippen LogP) is 1.69. The fourth-order valence-corrected chi connectivity index (χ4v) is 5.19. The van der Waals surface area contributed by atoms with Gasteiger partial charge in [-0.2, -0.15) is 0 Å². The number of esters is 1. The molecule has 132 valence electrons. The van der Waals surface area contributed by atoms with Crippen molar-refractivity contribution in [2.75, 3.05) is 18.1 Å². The average molecular weight is 361 g/mol. The van der Waals surface area contributed by atoms with Crippen LogP contribution < -0.4 is 5.32 Å². The molecule has 7 heteroatoms. The molecule has 1 aliphatic rings. The van der Waals surface area contributed by atoms with Crippen molar-refractivity contribution in [2.24, 2.45) is 0 Å². The Labute approximate surface area is 146 Å². The summed E-state index contributed by atoms with van der Waals surface area (Å²) < 4.78 is 28.2. The standard InChI is InChI=1S/C18H19NO5S/c1-18(9-10-25(22,23)12-18)19-16(20)11-24-17(21)15-8-4-6-13-5-2-3-7-14(13)15/h2-8H,9-12H2,1H3,(H,19,20)/t18-/m0/s1. The quantitative estimate of drug-likeness (QED) is 0.837. The first kappa shape index (κ1) is 17.4. The lowest BCUT2D eigenvalue weighted by atomic mass is 10.0. The van der Waals surface area contributed by atoms with E-state index in [1.807, 2.05) is 30.3 Å². The third-order valence-electron chi connectivity index (χ3n) is 4.29. The normalized spacial score (nSPS) is 21.8. The van der Waals surface area contributed by atoms with Gasteiger partial charge in [0.1, 0.15) is 0 Å². The number of ether oxygens (including phenoxy) is 1. The Bertz CT molecular complexity index is 932. The number of carbonyl (C=O) groups excluding carboxylic acids is 2. The topological polar surface area (TPSA) is 89.5 Å². The van der Waals surface area contributed by atoms with Crippen molar-refractivity contribution in [3.05, 3.63) is 48.0 Å². The van der Waals surface area contributed by atoms with Crippen LogP contribution >= 0.6 is 0 Å². The van der Waals surface area contributed by atoms with Crippen LogP contribution in [0, 0.1) is 0 Å². The molecular formula is C18H19NO5S. The van der Waals surface area contributed by atoms with Gasteiger partial charge in [-0.05, 0) is 30.2 Å². The van der Waals surface area contributed by atoms with Crippen LogP contribution in [0.15, 0.2) is 42.5 Å². The van der Waals surface area contributed by atoms with Gasteiger partial charge in [-0.1, -0.05) is 36.4 Å². The highest BCUT2D eigenvalue weighted by Crippen LogP contribution is 2.23. The minimum atomic E-state index is -3.12. The number of hydrogen-bond acceptors (Lipinski definition) is 5. The molecule has 1 saturated heterocycles. The first-order valence-corrected chi connectivity index (χ1v) is 9.77. The molecule has 0 bridgehead atoms.